The predicted molar refractivity (Wildman–Crippen MR) is 88.7 cm³/mol. The Morgan fingerprint density at radius 2 is 2.05 bits per heavy atom. The van der Waals surface area contributed by atoms with Crippen molar-refractivity contribution >= 4 is 16.5 Å². The molecule has 0 amide bonds. The van der Waals surface area contributed by atoms with E-state index in [2.05, 4.69) is 31.0 Å². The first kappa shape index (κ1) is 15.8. The van der Waals surface area contributed by atoms with Crippen molar-refractivity contribution in [3.8, 4) is 0 Å². The van der Waals surface area contributed by atoms with Gasteiger partial charge in [-0.2, -0.15) is 0 Å². The second kappa shape index (κ2) is 7.99. The highest BCUT2D eigenvalue weighted by molar-refractivity contribution is 7.15. The molecule has 1 aromatic heterocycles. The molecule has 1 aliphatic rings. The van der Waals surface area contributed by atoms with Crippen molar-refractivity contribution in [3.05, 3.63) is 10.6 Å². The van der Waals surface area contributed by atoms with E-state index in [-0.39, 0.29) is 0 Å². The van der Waals surface area contributed by atoms with Crippen LogP contribution in [0, 0.1) is 5.92 Å². The summed E-state index contributed by atoms with van der Waals surface area (Å²) in [5.41, 5.74) is 1.32. The van der Waals surface area contributed by atoms with Crippen LogP contribution in [0.1, 0.15) is 57.0 Å². The molecule has 114 valence electrons. The summed E-state index contributed by atoms with van der Waals surface area (Å²) < 4.78 is 0. The van der Waals surface area contributed by atoms with E-state index in [0.717, 1.165) is 32.0 Å². The summed E-state index contributed by atoms with van der Waals surface area (Å²) in [6, 6.07) is 0. The van der Waals surface area contributed by atoms with E-state index < -0.39 is 0 Å². The molecule has 1 heterocycles. The summed E-state index contributed by atoms with van der Waals surface area (Å²) in [5.74, 6) is 0.926. The summed E-state index contributed by atoms with van der Waals surface area (Å²) in [4.78, 5) is 8.86. The second-order valence-electron chi connectivity index (χ2n) is 5.78. The first-order valence-electron chi connectivity index (χ1n) is 8.22. The molecule has 1 saturated carbocycles. The van der Waals surface area contributed by atoms with Gasteiger partial charge < -0.3 is 10.2 Å². The van der Waals surface area contributed by atoms with Crippen LogP contribution >= 0.6 is 11.3 Å². The van der Waals surface area contributed by atoms with Gasteiger partial charge in [0.1, 0.15) is 0 Å². The third-order valence-electron chi connectivity index (χ3n) is 3.79. The van der Waals surface area contributed by atoms with Gasteiger partial charge in [0.05, 0.1) is 5.69 Å². The van der Waals surface area contributed by atoms with E-state index >= 15 is 0 Å². The zero-order valence-corrected chi connectivity index (χ0v) is 14.1. The van der Waals surface area contributed by atoms with Crippen LogP contribution in [0.5, 0.6) is 0 Å². The molecular formula is C16H29N3S. The van der Waals surface area contributed by atoms with Crippen LogP contribution < -0.4 is 10.2 Å². The van der Waals surface area contributed by atoms with E-state index in [1.165, 1.54) is 47.9 Å². The Balaban J connectivity index is 2.04. The maximum Gasteiger partial charge on any atom is 0.185 e. The Bertz CT molecular complexity index is 398. The van der Waals surface area contributed by atoms with Gasteiger partial charge >= 0.3 is 0 Å². The lowest BCUT2D eigenvalue weighted by molar-refractivity contribution is 0.674. The molecule has 0 bridgehead atoms. The van der Waals surface area contributed by atoms with Crippen molar-refractivity contribution in [1.82, 2.24) is 10.3 Å². The van der Waals surface area contributed by atoms with E-state index in [1.54, 1.807) is 0 Å². The van der Waals surface area contributed by atoms with Crippen molar-refractivity contribution in [3.63, 3.8) is 0 Å². The van der Waals surface area contributed by atoms with Gasteiger partial charge in [0, 0.05) is 24.5 Å². The second-order valence-corrected chi connectivity index (χ2v) is 6.84. The molecule has 0 aliphatic heterocycles. The molecule has 0 saturated heterocycles. The zero-order chi connectivity index (χ0) is 14.4. The highest BCUT2D eigenvalue weighted by Gasteiger charge is 2.25. The molecule has 4 heteroatoms. The summed E-state index contributed by atoms with van der Waals surface area (Å²) >= 11 is 1.90. The summed E-state index contributed by atoms with van der Waals surface area (Å²) in [7, 11) is 0. The van der Waals surface area contributed by atoms with E-state index in [0.29, 0.717) is 0 Å². The van der Waals surface area contributed by atoms with Gasteiger partial charge in [-0.3, -0.25) is 0 Å². The normalized spacial score (nSPS) is 14.8. The van der Waals surface area contributed by atoms with Crippen LogP contribution in [-0.2, 0) is 13.0 Å². The minimum atomic E-state index is 0.926. The van der Waals surface area contributed by atoms with E-state index in [1.807, 2.05) is 11.3 Å². The Hall–Kier alpha value is -0.610. The molecule has 0 atom stereocenters. The molecule has 1 N–H and O–H groups in total. The van der Waals surface area contributed by atoms with Crippen molar-refractivity contribution in [2.24, 2.45) is 5.92 Å². The van der Waals surface area contributed by atoms with Gasteiger partial charge in [0.2, 0.25) is 0 Å². The fraction of sp³-hybridized carbons (Fsp3) is 0.812. The largest absolute Gasteiger partial charge is 0.348 e. The first-order valence-corrected chi connectivity index (χ1v) is 9.04. The zero-order valence-electron chi connectivity index (χ0n) is 13.2. The monoisotopic (exact) mass is 295 g/mol. The highest BCUT2D eigenvalue weighted by atomic mass is 32.1. The van der Waals surface area contributed by atoms with E-state index in [9.17, 15) is 0 Å². The molecule has 0 radical (unpaired) electrons. The number of aryl methyl sites for hydroxylation is 1. The molecular weight excluding hydrogens is 266 g/mol. The van der Waals surface area contributed by atoms with Crippen LogP contribution in [0.25, 0.3) is 0 Å². The third kappa shape index (κ3) is 4.45. The van der Waals surface area contributed by atoms with Crippen molar-refractivity contribution < 1.29 is 0 Å². The molecule has 1 aliphatic carbocycles. The van der Waals surface area contributed by atoms with Crippen molar-refractivity contribution in [1.29, 1.82) is 0 Å². The Morgan fingerprint density at radius 1 is 1.25 bits per heavy atom. The van der Waals surface area contributed by atoms with Crippen LogP contribution in [0.15, 0.2) is 0 Å². The number of hydrogen-bond acceptors (Lipinski definition) is 4. The van der Waals surface area contributed by atoms with Crippen LogP contribution in [0.3, 0.4) is 0 Å². The molecule has 0 spiro atoms. The topological polar surface area (TPSA) is 28.2 Å². The lowest BCUT2D eigenvalue weighted by Gasteiger charge is -2.19. The van der Waals surface area contributed by atoms with Gasteiger partial charge in [-0.05, 0) is 45.1 Å². The number of anilines is 1. The van der Waals surface area contributed by atoms with Crippen LogP contribution in [0.4, 0.5) is 5.13 Å². The predicted octanol–water partition coefficient (Wildman–Crippen LogP) is 3.83. The summed E-state index contributed by atoms with van der Waals surface area (Å²) in [6.07, 6.45) is 6.31. The minimum absolute atomic E-state index is 0.926. The number of nitrogens with zero attached hydrogens (tertiary/aromatic N) is 2. The van der Waals surface area contributed by atoms with Crippen molar-refractivity contribution in [2.45, 2.75) is 59.4 Å². The number of thiazole rings is 1. The molecule has 1 fully saturated rings. The molecule has 2 rings (SSSR count). The Morgan fingerprint density at radius 3 is 2.65 bits per heavy atom. The molecule has 3 nitrogen and oxygen atoms in total. The standard InChI is InChI=1S/C16H29N3S/c1-4-7-14-15(11-17-10-5-2)20-16(18-14)19(6-3)12-13-8-9-13/h13,17H,4-12H2,1-3H3. The van der Waals surface area contributed by atoms with Gasteiger partial charge in [0.25, 0.3) is 0 Å². The maximum absolute atomic E-state index is 4.94. The Labute approximate surface area is 127 Å². The first-order chi connectivity index (χ1) is 9.78. The van der Waals surface area contributed by atoms with Crippen molar-refractivity contribution in [2.75, 3.05) is 24.5 Å². The average molecular weight is 295 g/mol. The number of rotatable bonds is 10. The average Bonchev–Trinajstić information content (AvgIpc) is 3.19. The maximum atomic E-state index is 4.94. The van der Waals surface area contributed by atoms with Gasteiger partial charge in [-0.25, -0.2) is 4.98 Å². The molecule has 1 aromatic rings. The third-order valence-corrected chi connectivity index (χ3v) is 4.95. The molecule has 0 aromatic carbocycles. The van der Waals surface area contributed by atoms with Crippen LogP contribution in [-0.4, -0.2) is 24.6 Å². The fourth-order valence-corrected chi connectivity index (χ4v) is 3.56. The number of aromatic nitrogens is 1. The summed E-state index contributed by atoms with van der Waals surface area (Å²) in [6.45, 7) is 11.1. The van der Waals surface area contributed by atoms with E-state index in [4.69, 9.17) is 4.98 Å². The SMILES string of the molecule is CCCNCc1sc(N(CC)CC2CC2)nc1CCC. The van der Waals surface area contributed by atoms with Gasteiger partial charge in [0.15, 0.2) is 5.13 Å². The lowest BCUT2D eigenvalue weighted by atomic mass is 10.2. The van der Waals surface area contributed by atoms with Gasteiger partial charge in [-0.15, -0.1) is 11.3 Å². The quantitative estimate of drug-likeness (QED) is 0.665. The Kier molecular flexibility index (Phi) is 6.30. The fourth-order valence-electron chi connectivity index (χ4n) is 2.41. The smallest absolute Gasteiger partial charge is 0.185 e. The van der Waals surface area contributed by atoms with Gasteiger partial charge in [-0.1, -0.05) is 20.3 Å². The van der Waals surface area contributed by atoms with Crippen LogP contribution in [0.2, 0.25) is 0 Å². The minimum Gasteiger partial charge on any atom is -0.348 e. The lowest BCUT2D eigenvalue weighted by Crippen LogP contribution is -2.24. The molecule has 0 unspecified atom stereocenters. The number of nitrogens with one attached hydrogen (secondary N) is 1. The molecule has 20 heavy (non-hydrogen) atoms. The number of hydrogen-bond donors (Lipinski definition) is 1. The summed E-state index contributed by atoms with van der Waals surface area (Å²) in [5, 5.41) is 4.77. The highest BCUT2D eigenvalue weighted by Crippen LogP contribution is 2.33.